The third kappa shape index (κ3) is 4.28. The number of aromatic nitrogens is 1. The zero-order valence-corrected chi connectivity index (χ0v) is 18.9. The molecular weight excluding hydrogens is 438 g/mol. The van der Waals surface area contributed by atoms with Crippen LogP contribution in [-0.2, 0) is 11.3 Å². The second-order valence-electron chi connectivity index (χ2n) is 8.22. The molecule has 9 nitrogen and oxygen atoms in total. The Hall–Kier alpha value is -2.75. The lowest BCUT2D eigenvalue weighted by atomic mass is 10.0. The average molecular weight is 464 g/mol. The first-order valence-electron chi connectivity index (χ1n) is 10.4. The van der Waals surface area contributed by atoms with Crippen LogP contribution in [0, 0.1) is 25.7 Å². The second kappa shape index (κ2) is 9.01. The minimum absolute atomic E-state index is 0.0493. The molecule has 2 aromatic rings. The molecule has 0 bridgehead atoms. The fraction of sp³-hybridized carbons (Fsp3) is 0.455. The lowest BCUT2D eigenvalue weighted by molar-refractivity contribution is -0.0510. The first kappa shape index (κ1) is 22.4. The third-order valence-corrected chi connectivity index (χ3v) is 6.29. The molecule has 0 aliphatic carbocycles. The Labute approximate surface area is 190 Å². The summed E-state index contributed by atoms with van der Waals surface area (Å²) in [5.74, 6) is 0.641. The lowest BCUT2D eigenvalue weighted by Crippen LogP contribution is -2.29. The topological polar surface area (TPSA) is 113 Å². The van der Waals surface area contributed by atoms with Crippen molar-refractivity contribution in [3.63, 3.8) is 0 Å². The van der Waals surface area contributed by atoms with E-state index in [1.54, 1.807) is 25.0 Å². The highest BCUT2D eigenvalue weighted by Gasteiger charge is 2.39. The number of phenols is 1. The number of H-pyrrole nitrogens is 1. The maximum absolute atomic E-state index is 12.8. The van der Waals surface area contributed by atoms with Crippen LogP contribution >= 0.6 is 11.6 Å². The van der Waals surface area contributed by atoms with Gasteiger partial charge in [0.1, 0.15) is 5.75 Å². The molecule has 2 unspecified atom stereocenters. The van der Waals surface area contributed by atoms with Crippen molar-refractivity contribution in [1.29, 1.82) is 0 Å². The number of rotatable bonds is 6. The minimum Gasteiger partial charge on any atom is -0.504 e. The molecule has 4 rings (SSSR count). The van der Waals surface area contributed by atoms with E-state index in [1.165, 1.54) is 13.2 Å². The van der Waals surface area contributed by atoms with Gasteiger partial charge < -0.3 is 29.7 Å². The van der Waals surface area contributed by atoms with Crippen LogP contribution in [0.25, 0.3) is 0 Å². The molecule has 0 saturated carbocycles. The molecule has 2 aliphatic heterocycles. The summed E-state index contributed by atoms with van der Waals surface area (Å²) < 4.78 is 10.7. The predicted molar refractivity (Wildman–Crippen MR) is 117 cm³/mol. The van der Waals surface area contributed by atoms with Gasteiger partial charge in [0.05, 0.1) is 37.5 Å². The van der Waals surface area contributed by atoms with Gasteiger partial charge in [0.2, 0.25) is 5.75 Å². The number of halogens is 1. The Morgan fingerprint density at radius 1 is 1.31 bits per heavy atom. The Kier molecular flexibility index (Phi) is 6.32. The van der Waals surface area contributed by atoms with E-state index < -0.39 is 5.91 Å². The van der Waals surface area contributed by atoms with Gasteiger partial charge in [0, 0.05) is 41.7 Å². The third-order valence-electron chi connectivity index (χ3n) is 6.01. The molecule has 3 N–H and O–H groups in total. The fourth-order valence-electron chi connectivity index (χ4n) is 4.18. The van der Waals surface area contributed by atoms with Crippen LogP contribution in [0.1, 0.15) is 27.2 Å². The van der Waals surface area contributed by atoms with Crippen molar-refractivity contribution in [3.8, 4) is 17.2 Å². The highest BCUT2D eigenvalue weighted by atomic mass is 35.5. The molecule has 32 heavy (non-hydrogen) atoms. The number of nitrogens with zero attached hydrogens (tertiary/aromatic N) is 1. The number of methoxy groups -OCH3 is 1. The van der Waals surface area contributed by atoms with E-state index in [0.29, 0.717) is 60.7 Å². The number of hydroxylamine groups is 2. The lowest BCUT2D eigenvalue weighted by Gasteiger charge is -2.21. The number of hydrogen-bond donors (Lipinski definition) is 3. The van der Waals surface area contributed by atoms with Gasteiger partial charge in [-0.05, 0) is 26.0 Å². The van der Waals surface area contributed by atoms with Gasteiger partial charge in [-0.25, -0.2) is 0 Å². The number of fused-ring (bicyclic) bond motifs is 1. The Morgan fingerprint density at radius 2 is 2.00 bits per heavy atom. The number of phenolic OH excluding ortho intramolecular Hbond substituents is 1. The number of nitrogens with one attached hydrogen (secondary N) is 2. The van der Waals surface area contributed by atoms with Gasteiger partial charge in [0.15, 0.2) is 5.75 Å². The number of pyridine rings is 1. The van der Waals surface area contributed by atoms with E-state index >= 15 is 0 Å². The number of ether oxygens (including phenoxy) is 2. The summed E-state index contributed by atoms with van der Waals surface area (Å²) in [4.78, 5) is 33.6. The molecule has 2 aliphatic rings. The van der Waals surface area contributed by atoms with Gasteiger partial charge in [-0.15, -0.1) is 5.06 Å². The molecule has 2 saturated heterocycles. The Morgan fingerprint density at radius 3 is 2.66 bits per heavy atom. The number of aromatic amines is 1. The predicted octanol–water partition coefficient (Wildman–Crippen LogP) is 2.16. The largest absolute Gasteiger partial charge is 0.504 e. The zero-order valence-electron chi connectivity index (χ0n) is 18.2. The molecule has 1 aromatic carbocycles. The van der Waals surface area contributed by atoms with Crippen molar-refractivity contribution >= 4 is 17.5 Å². The summed E-state index contributed by atoms with van der Waals surface area (Å²) in [5.41, 5.74) is 1.12. The van der Waals surface area contributed by atoms with Gasteiger partial charge in [-0.2, -0.15) is 0 Å². The first-order valence-corrected chi connectivity index (χ1v) is 10.7. The maximum Gasteiger partial charge on any atom is 0.256 e. The summed E-state index contributed by atoms with van der Waals surface area (Å²) in [6.45, 7) is 6.09. The van der Waals surface area contributed by atoms with E-state index in [1.807, 2.05) is 0 Å². The summed E-state index contributed by atoms with van der Waals surface area (Å²) in [5, 5.41) is 15.3. The Bertz CT molecular complexity index is 1090. The van der Waals surface area contributed by atoms with Gasteiger partial charge in [-0.3, -0.25) is 9.59 Å². The summed E-state index contributed by atoms with van der Waals surface area (Å²) in [6.07, 6.45) is 0. The zero-order chi connectivity index (χ0) is 23.0. The quantitative estimate of drug-likeness (QED) is 0.601. The number of carbonyl (C=O) groups is 1. The number of benzene rings is 1. The summed E-state index contributed by atoms with van der Waals surface area (Å²) in [6, 6.07) is 3.14. The van der Waals surface area contributed by atoms with Crippen LogP contribution in [0.2, 0.25) is 5.02 Å². The van der Waals surface area contributed by atoms with Crippen molar-refractivity contribution in [2.24, 2.45) is 11.8 Å². The van der Waals surface area contributed by atoms with Crippen LogP contribution in [0.4, 0.5) is 0 Å². The second-order valence-corrected chi connectivity index (χ2v) is 8.62. The van der Waals surface area contributed by atoms with E-state index in [9.17, 15) is 14.7 Å². The maximum atomic E-state index is 12.8. The smallest absolute Gasteiger partial charge is 0.256 e. The standard InChI is InChI=1S/C22H26ClN3O6/c1-11-4-18(30-3)16(22(29)25-11)6-24-21(28)15-5-17(23)20(19(27)12(15)2)32-26-7-13-9-31-10-14(13)8-26/h4-5,13-14,27H,6-10H2,1-3H3,(H,24,28)(H,25,29). The van der Waals surface area contributed by atoms with Crippen molar-refractivity contribution in [2.45, 2.75) is 20.4 Å². The summed E-state index contributed by atoms with van der Waals surface area (Å²) >= 11 is 6.37. The molecular formula is C22H26ClN3O6. The Balaban J connectivity index is 1.49. The highest BCUT2D eigenvalue weighted by Crippen LogP contribution is 2.41. The van der Waals surface area contributed by atoms with Crippen molar-refractivity contribution in [1.82, 2.24) is 15.4 Å². The van der Waals surface area contributed by atoms with E-state index in [4.69, 9.17) is 25.9 Å². The molecule has 0 spiro atoms. The number of hydrogen-bond acceptors (Lipinski definition) is 7. The monoisotopic (exact) mass is 463 g/mol. The summed E-state index contributed by atoms with van der Waals surface area (Å²) in [7, 11) is 1.46. The van der Waals surface area contributed by atoms with Gasteiger partial charge in [0.25, 0.3) is 11.5 Å². The van der Waals surface area contributed by atoms with Crippen LogP contribution in [0.3, 0.4) is 0 Å². The van der Waals surface area contributed by atoms with Crippen LogP contribution in [0.5, 0.6) is 17.2 Å². The minimum atomic E-state index is -0.485. The van der Waals surface area contributed by atoms with Crippen LogP contribution < -0.4 is 20.5 Å². The first-order chi connectivity index (χ1) is 15.3. The number of carbonyl (C=O) groups excluding carboxylic acids is 1. The van der Waals surface area contributed by atoms with Crippen molar-refractivity contribution in [2.75, 3.05) is 33.4 Å². The molecule has 2 fully saturated rings. The SMILES string of the molecule is COc1cc(C)[nH]c(=O)c1CNC(=O)c1cc(Cl)c(ON2CC3COCC3C2)c(O)c1C. The van der Waals surface area contributed by atoms with Crippen LogP contribution in [-0.4, -0.2) is 54.5 Å². The van der Waals surface area contributed by atoms with Gasteiger partial charge in [-0.1, -0.05) is 11.6 Å². The number of amides is 1. The van der Waals surface area contributed by atoms with Crippen LogP contribution in [0.15, 0.2) is 16.9 Å². The molecule has 1 amide bonds. The molecule has 0 radical (unpaired) electrons. The van der Waals surface area contributed by atoms with E-state index in [2.05, 4.69) is 10.3 Å². The normalized spacial score (nSPS) is 20.2. The molecule has 172 valence electrons. The number of aryl methyl sites for hydroxylation is 1. The fourth-order valence-corrected chi connectivity index (χ4v) is 4.41. The average Bonchev–Trinajstić information content (AvgIpc) is 3.34. The molecule has 10 heteroatoms. The molecule has 2 atom stereocenters. The van der Waals surface area contributed by atoms with E-state index in [-0.39, 0.29) is 34.2 Å². The molecule has 1 aromatic heterocycles. The van der Waals surface area contributed by atoms with Crippen molar-refractivity contribution in [3.05, 3.63) is 49.9 Å². The van der Waals surface area contributed by atoms with Gasteiger partial charge >= 0.3 is 0 Å². The van der Waals surface area contributed by atoms with E-state index in [0.717, 1.165) is 0 Å². The molecule has 3 heterocycles. The highest BCUT2D eigenvalue weighted by molar-refractivity contribution is 6.32. The van der Waals surface area contributed by atoms with Crippen molar-refractivity contribution < 1.29 is 24.2 Å². The number of aromatic hydroxyl groups is 1.